The number of hydrogen-bond donors (Lipinski definition) is 1. The molecule has 0 spiro atoms. The summed E-state index contributed by atoms with van der Waals surface area (Å²) in [5.41, 5.74) is 2.18. The van der Waals surface area contributed by atoms with Gasteiger partial charge in [-0.15, -0.1) is 0 Å². The Morgan fingerprint density at radius 3 is 3.06 bits per heavy atom. The molecule has 1 N–H and O–H groups in total. The monoisotopic (exact) mass is 292 g/mol. The second-order valence-electron chi connectivity index (χ2n) is 4.14. The molecule has 3 nitrogen and oxygen atoms in total. The largest absolute Gasteiger partial charge is 0.378 e. The Labute approximate surface area is 108 Å². The Hall–Kier alpha value is -0.970. The summed E-state index contributed by atoms with van der Waals surface area (Å²) < 4.78 is 6.39. The number of aromatic nitrogens is 1. The molecule has 1 aliphatic rings. The number of fused-ring (bicyclic) bond motifs is 1. The van der Waals surface area contributed by atoms with E-state index in [0.29, 0.717) is 6.61 Å². The molecule has 2 heterocycles. The quantitative estimate of drug-likeness (QED) is 0.821. The summed E-state index contributed by atoms with van der Waals surface area (Å²) in [5, 5.41) is 4.61. The van der Waals surface area contributed by atoms with E-state index < -0.39 is 0 Å². The normalized spacial score (nSPS) is 20.6. The summed E-state index contributed by atoms with van der Waals surface area (Å²) in [6.07, 6.45) is 0. The van der Waals surface area contributed by atoms with Crippen molar-refractivity contribution in [3.05, 3.63) is 40.5 Å². The fourth-order valence-electron chi connectivity index (χ4n) is 2.12. The van der Waals surface area contributed by atoms with Crippen LogP contribution in [0.3, 0.4) is 0 Å². The molecular formula is C13H13BrN2O. The molecule has 1 aliphatic heterocycles. The lowest BCUT2D eigenvalue weighted by Gasteiger charge is -2.24. The van der Waals surface area contributed by atoms with Gasteiger partial charge in [-0.3, -0.25) is 0 Å². The van der Waals surface area contributed by atoms with Gasteiger partial charge in [0.1, 0.15) is 4.60 Å². The zero-order chi connectivity index (χ0) is 11.7. The number of ether oxygens (including phenoxy) is 1. The molecule has 0 bridgehead atoms. The average Bonchev–Trinajstić information content (AvgIpc) is 2.39. The van der Waals surface area contributed by atoms with Gasteiger partial charge in [0.15, 0.2) is 0 Å². The smallest absolute Gasteiger partial charge is 0.111 e. The van der Waals surface area contributed by atoms with E-state index in [-0.39, 0.29) is 6.04 Å². The van der Waals surface area contributed by atoms with Crippen LogP contribution in [0.5, 0.6) is 0 Å². The molecule has 4 heteroatoms. The first-order valence-corrected chi connectivity index (χ1v) is 6.50. The van der Waals surface area contributed by atoms with Crippen molar-refractivity contribution < 1.29 is 4.74 Å². The topological polar surface area (TPSA) is 34.1 Å². The highest BCUT2D eigenvalue weighted by atomic mass is 79.9. The lowest BCUT2D eigenvalue weighted by Crippen LogP contribution is -2.34. The van der Waals surface area contributed by atoms with E-state index in [1.54, 1.807) is 0 Å². The van der Waals surface area contributed by atoms with Gasteiger partial charge >= 0.3 is 0 Å². The standard InChI is InChI=1S/C13H13BrN2O/c14-13-10(12-8-17-6-5-15-12)7-9-3-1-2-4-11(9)16-13/h1-4,7,12,15H,5-6,8H2. The number of benzene rings is 1. The van der Waals surface area contributed by atoms with Crippen molar-refractivity contribution >= 4 is 26.8 Å². The van der Waals surface area contributed by atoms with Gasteiger partial charge in [0.05, 0.1) is 24.8 Å². The first kappa shape index (κ1) is 11.1. The highest BCUT2D eigenvalue weighted by Crippen LogP contribution is 2.27. The number of para-hydroxylation sites is 1. The van der Waals surface area contributed by atoms with E-state index in [9.17, 15) is 0 Å². The van der Waals surface area contributed by atoms with Crippen LogP contribution in [0.25, 0.3) is 10.9 Å². The van der Waals surface area contributed by atoms with Crippen LogP contribution in [-0.4, -0.2) is 24.7 Å². The van der Waals surface area contributed by atoms with Gasteiger partial charge in [-0.05, 0) is 28.1 Å². The molecule has 1 atom stereocenters. The summed E-state index contributed by atoms with van der Waals surface area (Å²) in [5.74, 6) is 0. The fourth-order valence-corrected chi connectivity index (χ4v) is 2.70. The predicted molar refractivity (Wildman–Crippen MR) is 71.0 cm³/mol. The number of nitrogens with zero attached hydrogens (tertiary/aromatic N) is 1. The van der Waals surface area contributed by atoms with Gasteiger partial charge in [-0.25, -0.2) is 4.98 Å². The minimum absolute atomic E-state index is 0.232. The van der Waals surface area contributed by atoms with Crippen molar-refractivity contribution in [1.82, 2.24) is 10.3 Å². The Morgan fingerprint density at radius 2 is 2.24 bits per heavy atom. The van der Waals surface area contributed by atoms with Crippen molar-refractivity contribution in [1.29, 1.82) is 0 Å². The Kier molecular flexibility index (Phi) is 3.09. The molecule has 0 saturated carbocycles. The van der Waals surface area contributed by atoms with Crippen LogP contribution in [0.4, 0.5) is 0 Å². The maximum Gasteiger partial charge on any atom is 0.111 e. The van der Waals surface area contributed by atoms with Crippen molar-refractivity contribution in [3.8, 4) is 0 Å². The Bertz CT molecular complexity index is 538. The fraction of sp³-hybridized carbons (Fsp3) is 0.308. The van der Waals surface area contributed by atoms with E-state index in [1.165, 1.54) is 5.56 Å². The lowest BCUT2D eigenvalue weighted by molar-refractivity contribution is 0.0766. The SMILES string of the molecule is Brc1nc2ccccc2cc1C1COCCN1. The number of hydrogen-bond acceptors (Lipinski definition) is 3. The molecule has 1 saturated heterocycles. The first-order valence-electron chi connectivity index (χ1n) is 5.71. The molecule has 1 aromatic carbocycles. The molecule has 1 fully saturated rings. The second-order valence-corrected chi connectivity index (χ2v) is 4.89. The van der Waals surface area contributed by atoms with Crippen LogP contribution in [0.15, 0.2) is 34.9 Å². The number of pyridine rings is 1. The first-order chi connectivity index (χ1) is 8.34. The molecule has 88 valence electrons. The molecule has 17 heavy (non-hydrogen) atoms. The maximum atomic E-state index is 5.49. The van der Waals surface area contributed by atoms with Crippen molar-refractivity contribution in [2.24, 2.45) is 0 Å². The molecule has 0 aliphatic carbocycles. The summed E-state index contributed by atoms with van der Waals surface area (Å²) in [6.45, 7) is 2.39. The number of rotatable bonds is 1. The molecular weight excluding hydrogens is 280 g/mol. The van der Waals surface area contributed by atoms with Crippen LogP contribution < -0.4 is 5.32 Å². The van der Waals surface area contributed by atoms with Crippen LogP contribution >= 0.6 is 15.9 Å². The summed E-state index contributed by atoms with van der Waals surface area (Å²) >= 11 is 3.55. The lowest BCUT2D eigenvalue weighted by atomic mass is 10.1. The maximum absolute atomic E-state index is 5.49. The van der Waals surface area contributed by atoms with E-state index >= 15 is 0 Å². The third kappa shape index (κ3) is 2.20. The minimum Gasteiger partial charge on any atom is -0.378 e. The zero-order valence-corrected chi connectivity index (χ0v) is 10.9. The molecule has 1 aromatic heterocycles. The molecule has 3 rings (SSSR count). The van der Waals surface area contributed by atoms with Gasteiger partial charge in [0.2, 0.25) is 0 Å². The third-order valence-corrected chi connectivity index (χ3v) is 3.64. The van der Waals surface area contributed by atoms with Crippen LogP contribution in [0.2, 0.25) is 0 Å². The van der Waals surface area contributed by atoms with Gasteiger partial charge in [0.25, 0.3) is 0 Å². The highest BCUT2D eigenvalue weighted by Gasteiger charge is 2.18. The molecule has 2 aromatic rings. The summed E-state index contributed by atoms with van der Waals surface area (Å²) in [6, 6.07) is 10.6. The minimum atomic E-state index is 0.232. The van der Waals surface area contributed by atoms with Gasteiger partial charge < -0.3 is 10.1 Å². The van der Waals surface area contributed by atoms with E-state index in [2.05, 4.69) is 38.4 Å². The van der Waals surface area contributed by atoms with E-state index in [4.69, 9.17) is 4.74 Å². The Balaban J connectivity index is 2.06. The number of nitrogens with one attached hydrogen (secondary N) is 1. The second kappa shape index (κ2) is 4.72. The van der Waals surface area contributed by atoms with Crippen LogP contribution in [0.1, 0.15) is 11.6 Å². The van der Waals surface area contributed by atoms with Crippen molar-refractivity contribution in [2.75, 3.05) is 19.8 Å². The summed E-state index contributed by atoms with van der Waals surface area (Å²) in [4.78, 5) is 4.57. The van der Waals surface area contributed by atoms with Gasteiger partial charge in [0, 0.05) is 17.5 Å². The van der Waals surface area contributed by atoms with Crippen molar-refractivity contribution in [3.63, 3.8) is 0 Å². The third-order valence-electron chi connectivity index (χ3n) is 3.00. The van der Waals surface area contributed by atoms with E-state index in [1.807, 2.05) is 18.2 Å². The highest BCUT2D eigenvalue weighted by molar-refractivity contribution is 9.10. The van der Waals surface area contributed by atoms with E-state index in [0.717, 1.165) is 28.7 Å². The predicted octanol–water partition coefficient (Wildman–Crippen LogP) is 2.66. The van der Waals surface area contributed by atoms with Gasteiger partial charge in [-0.2, -0.15) is 0 Å². The van der Waals surface area contributed by atoms with Crippen LogP contribution in [-0.2, 0) is 4.74 Å². The Morgan fingerprint density at radius 1 is 1.35 bits per heavy atom. The molecule has 1 unspecified atom stereocenters. The number of morpholine rings is 1. The average molecular weight is 293 g/mol. The van der Waals surface area contributed by atoms with Crippen LogP contribution in [0, 0.1) is 0 Å². The van der Waals surface area contributed by atoms with Gasteiger partial charge in [-0.1, -0.05) is 18.2 Å². The zero-order valence-electron chi connectivity index (χ0n) is 9.32. The van der Waals surface area contributed by atoms with Crippen molar-refractivity contribution in [2.45, 2.75) is 6.04 Å². The summed E-state index contributed by atoms with van der Waals surface area (Å²) in [7, 11) is 0. The molecule has 0 amide bonds. The number of halogens is 1. The molecule has 0 radical (unpaired) electrons.